The molecule has 0 amide bonds. The van der Waals surface area contributed by atoms with Gasteiger partial charge in [-0.3, -0.25) is 9.59 Å². The highest BCUT2D eigenvalue weighted by atomic mass is 32.2. The molecule has 0 saturated heterocycles. The first-order valence-electron chi connectivity index (χ1n) is 5.36. The Bertz CT molecular complexity index is 238. The normalized spacial score (nSPS) is 11.2. The lowest BCUT2D eigenvalue weighted by molar-refractivity contribution is -0.157. The van der Waals surface area contributed by atoms with Crippen LogP contribution in [0.3, 0.4) is 0 Å². The molecule has 0 fully saturated rings. The molecule has 0 bridgehead atoms. The molecule has 16 heavy (non-hydrogen) atoms. The second kappa shape index (κ2) is 7.68. The summed E-state index contributed by atoms with van der Waals surface area (Å²) in [7, 11) is 0. The van der Waals surface area contributed by atoms with E-state index in [1.807, 2.05) is 0 Å². The SMILES string of the molecule is CCOC(=O)C(C)(C)C(=O)CSCCCO. The Morgan fingerprint density at radius 3 is 2.50 bits per heavy atom. The van der Waals surface area contributed by atoms with Gasteiger partial charge in [0.2, 0.25) is 0 Å². The standard InChI is InChI=1S/C11H20O4S/c1-4-15-10(14)11(2,3)9(13)8-16-7-5-6-12/h12H,4-8H2,1-3H3. The Morgan fingerprint density at radius 1 is 1.38 bits per heavy atom. The van der Waals surface area contributed by atoms with Gasteiger partial charge in [0.15, 0.2) is 5.78 Å². The van der Waals surface area contributed by atoms with Crippen molar-refractivity contribution in [2.45, 2.75) is 27.2 Å². The van der Waals surface area contributed by atoms with Gasteiger partial charge in [-0.2, -0.15) is 11.8 Å². The monoisotopic (exact) mass is 248 g/mol. The van der Waals surface area contributed by atoms with E-state index in [4.69, 9.17) is 9.84 Å². The molecule has 0 aliphatic rings. The fourth-order valence-electron chi connectivity index (χ4n) is 0.937. The van der Waals surface area contributed by atoms with Gasteiger partial charge in [-0.15, -0.1) is 0 Å². The maximum absolute atomic E-state index is 11.8. The molecular formula is C11H20O4S. The molecule has 0 aliphatic heterocycles. The second-order valence-corrected chi connectivity index (χ2v) is 5.00. The van der Waals surface area contributed by atoms with Crippen LogP contribution in [-0.4, -0.2) is 41.6 Å². The Labute approximate surface area is 101 Å². The predicted octanol–water partition coefficient (Wildman–Crippen LogP) is 1.26. The van der Waals surface area contributed by atoms with Crippen molar-refractivity contribution in [1.82, 2.24) is 0 Å². The van der Waals surface area contributed by atoms with E-state index in [0.717, 1.165) is 5.75 Å². The zero-order valence-electron chi connectivity index (χ0n) is 10.1. The number of ketones is 1. The van der Waals surface area contributed by atoms with E-state index in [9.17, 15) is 9.59 Å². The molecule has 0 saturated carbocycles. The van der Waals surface area contributed by atoms with Crippen LogP contribution in [0, 0.1) is 5.41 Å². The Hall–Kier alpha value is -0.550. The number of ether oxygens (including phenoxy) is 1. The molecule has 0 aromatic rings. The maximum Gasteiger partial charge on any atom is 0.319 e. The van der Waals surface area contributed by atoms with Gasteiger partial charge in [-0.05, 0) is 32.9 Å². The van der Waals surface area contributed by atoms with Gasteiger partial charge >= 0.3 is 5.97 Å². The quantitative estimate of drug-likeness (QED) is 0.398. The van der Waals surface area contributed by atoms with E-state index in [0.29, 0.717) is 6.42 Å². The number of aliphatic hydroxyl groups excluding tert-OH is 1. The van der Waals surface area contributed by atoms with E-state index in [-0.39, 0.29) is 24.7 Å². The van der Waals surface area contributed by atoms with Crippen LogP contribution >= 0.6 is 11.8 Å². The van der Waals surface area contributed by atoms with Crippen LogP contribution in [0.2, 0.25) is 0 Å². The van der Waals surface area contributed by atoms with E-state index in [1.165, 1.54) is 11.8 Å². The second-order valence-electron chi connectivity index (χ2n) is 3.90. The molecule has 94 valence electrons. The molecule has 1 N–H and O–H groups in total. The number of thioether (sulfide) groups is 1. The van der Waals surface area contributed by atoms with Crippen LogP contribution in [0.4, 0.5) is 0 Å². The lowest BCUT2D eigenvalue weighted by atomic mass is 9.89. The van der Waals surface area contributed by atoms with Gasteiger partial charge in [0, 0.05) is 6.61 Å². The number of hydrogen-bond donors (Lipinski definition) is 1. The number of esters is 1. The molecule has 0 rings (SSSR count). The minimum absolute atomic E-state index is 0.127. The van der Waals surface area contributed by atoms with Gasteiger partial charge in [0.1, 0.15) is 5.41 Å². The maximum atomic E-state index is 11.8. The van der Waals surface area contributed by atoms with Crippen LogP contribution in [0.25, 0.3) is 0 Å². The third-order valence-electron chi connectivity index (χ3n) is 2.16. The van der Waals surface area contributed by atoms with Crippen LogP contribution in [0.1, 0.15) is 27.2 Å². The van der Waals surface area contributed by atoms with Gasteiger partial charge < -0.3 is 9.84 Å². The third kappa shape index (κ3) is 4.99. The van der Waals surface area contributed by atoms with Crippen LogP contribution < -0.4 is 0 Å². The van der Waals surface area contributed by atoms with Crippen molar-refractivity contribution >= 4 is 23.5 Å². The largest absolute Gasteiger partial charge is 0.465 e. The van der Waals surface area contributed by atoms with Gasteiger partial charge in [0.05, 0.1) is 12.4 Å². The molecule has 5 heteroatoms. The van der Waals surface area contributed by atoms with Crippen LogP contribution in [0.15, 0.2) is 0 Å². The highest BCUT2D eigenvalue weighted by molar-refractivity contribution is 7.99. The Kier molecular flexibility index (Phi) is 7.42. The average molecular weight is 248 g/mol. The summed E-state index contributed by atoms with van der Waals surface area (Å²) in [6.07, 6.45) is 0.664. The van der Waals surface area contributed by atoms with Crippen LogP contribution in [0.5, 0.6) is 0 Å². The van der Waals surface area contributed by atoms with Crippen LogP contribution in [-0.2, 0) is 14.3 Å². The molecule has 0 unspecified atom stereocenters. The van der Waals surface area contributed by atoms with Crippen molar-refractivity contribution in [3.8, 4) is 0 Å². The summed E-state index contributed by atoms with van der Waals surface area (Å²) in [4.78, 5) is 23.3. The topological polar surface area (TPSA) is 63.6 Å². The number of aliphatic hydroxyl groups is 1. The van der Waals surface area contributed by atoms with Gasteiger partial charge in [0.25, 0.3) is 0 Å². The highest BCUT2D eigenvalue weighted by Gasteiger charge is 2.36. The number of Topliss-reactive ketones (excluding diaryl/α,β-unsaturated/α-hetero) is 1. The lowest BCUT2D eigenvalue weighted by Crippen LogP contribution is -2.36. The molecular weight excluding hydrogens is 228 g/mol. The summed E-state index contributed by atoms with van der Waals surface area (Å²) >= 11 is 1.43. The Balaban J connectivity index is 4.08. The summed E-state index contributed by atoms with van der Waals surface area (Å²) in [6.45, 7) is 5.30. The minimum atomic E-state index is -1.07. The fraction of sp³-hybridized carbons (Fsp3) is 0.818. The van der Waals surface area contributed by atoms with Crippen molar-refractivity contribution in [3.05, 3.63) is 0 Å². The molecule has 4 nitrogen and oxygen atoms in total. The van der Waals surface area contributed by atoms with Crippen molar-refractivity contribution in [2.24, 2.45) is 5.41 Å². The molecule has 0 aliphatic carbocycles. The third-order valence-corrected chi connectivity index (χ3v) is 3.21. The molecule has 0 aromatic carbocycles. The summed E-state index contributed by atoms with van der Waals surface area (Å²) < 4.78 is 4.85. The lowest BCUT2D eigenvalue weighted by Gasteiger charge is -2.20. The first kappa shape index (κ1) is 15.4. The molecule has 0 atom stereocenters. The minimum Gasteiger partial charge on any atom is -0.465 e. The summed E-state index contributed by atoms with van der Waals surface area (Å²) in [5.41, 5.74) is -1.07. The first-order chi connectivity index (χ1) is 7.46. The van der Waals surface area contributed by atoms with E-state index in [2.05, 4.69) is 0 Å². The van der Waals surface area contributed by atoms with Crippen molar-refractivity contribution < 1.29 is 19.4 Å². The van der Waals surface area contributed by atoms with Crippen molar-refractivity contribution in [1.29, 1.82) is 0 Å². The van der Waals surface area contributed by atoms with Crippen molar-refractivity contribution in [3.63, 3.8) is 0 Å². The molecule has 0 heterocycles. The fourth-order valence-corrected chi connectivity index (χ4v) is 1.96. The van der Waals surface area contributed by atoms with Gasteiger partial charge in [-0.25, -0.2) is 0 Å². The van der Waals surface area contributed by atoms with E-state index < -0.39 is 11.4 Å². The highest BCUT2D eigenvalue weighted by Crippen LogP contribution is 2.21. The number of rotatable bonds is 8. The number of carbonyl (C=O) groups is 2. The summed E-state index contributed by atoms with van der Waals surface area (Å²) in [5, 5.41) is 8.58. The summed E-state index contributed by atoms with van der Waals surface area (Å²) in [6, 6.07) is 0. The van der Waals surface area contributed by atoms with E-state index >= 15 is 0 Å². The Morgan fingerprint density at radius 2 is 2.00 bits per heavy atom. The molecule has 0 radical (unpaired) electrons. The predicted molar refractivity (Wildman–Crippen MR) is 64.4 cm³/mol. The number of carbonyl (C=O) groups excluding carboxylic acids is 2. The zero-order chi connectivity index (χ0) is 12.6. The zero-order valence-corrected chi connectivity index (χ0v) is 10.9. The molecule has 0 spiro atoms. The number of hydrogen-bond acceptors (Lipinski definition) is 5. The first-order valence-corrected chi connectivity index (χ1v) is 6.51. The van der Waals surface area contributed by atoms with Crippen molar-refractivity contribution in [2.75, 3.05) is 24.7 Å². The summed E-state index contributed by atoms with van der Waals surface area (Å²) in [5.74, 6) is 0.407. The van der Waals surface area contributed by atoms with E-state index in [1.54, 1.807) is 20.8 Å². The average Bonchev–Trinajstić information content (AvgIpc) is 2.24. The smallest absolute Gasteiger partial charge is 0.319 e. The van der Waals surface area contributed by atoms with Gasteiger partial charge in [-0.1, -0.05) is 0 Å². The molecule has 0 aromatic heterocycles.